The molecular formula is C7H15ClO. The van der Waals surface area contributed by atoms with Crippen LogP contribution in [0.3, 0.4) is 0 Å². The van der Waals surface area contributed by atoms with Crippen LogP contribution < -0.4 is 0 Å². The van der Waals surface area contributed by atoms with Gasteiger partial charge in [-0.05, 0) is 18.8 Å². The van der Waals surface area contributed by atoms with Crippen LogP contribution in [0.15, 0.2) is 0 Å². The summed E-state index contributed by atoms with van der Waals surface area (Å²) in [5.74, 6) is 1.35. The Morgan fingerprint density at radius 3 is 1.89 bits per heavy atom. The van der Waals surface area contributed by atoms with Gasteiger partial charge >= 0.3 is 0 Å². The number of aliphatic hydroxyl groups excluding tert-OH is 1. The molecule has 0 amide bonds. The molecule has 1 N–H and O–H groups in total. The molecule has 0 saturated heterocycles. The first-order valence-electron chi connectivity index (χ1n) is 3.33. The van der Waals surface area contributed by atoms with E-state index in [1.165, 1.54) is 0 Å². The largest absolute Gasteiger partial charge is 0.393 e. The fraction of sp³-hybridized carbons (Fsp3) is 1.00. The number of hydrogen-bond acceptors (Lipinski definition) is 1. The summed E-state index contributed by atoms with van der Waals surface area (Å²) in [7, 11) is 0. The summed E-state index contributed by atoms with van der Waals surface area (Å²) in [6, 6.07) is 0. The van der Waals surface area contributed by atoms with E-state index in [2.05, 4.69) is 0 Å². The summed E-state index contributed by atoms with van der Waals surface area (Å²) in [6.45, 7) is 5.86. The predicted octanol–water partition coefficient (Wildman–Crippen LogP) is 1.88. The van der Waals surface area contributed by atoms with Crippen LogP contribution in [0, 0.1) is 11.8 Å². The van der Waals surface area contributed by atoms with Crippen LogP contribution in [-0.4, -0.2) is 17.1 Å². The molecule has 0 fully saturated rings. The molecule has 9 heavy (non-hydrogen) atoms. The van der Waals surface area contributed by atoms with Crippen molar-refractivity contribution in [2.75, 3.05) is 5.88 Å². The third kappa shape index (κ3) is 3.07. The average Bonchev–Trinajstić information content (AvgIpc) is 1.84. The Hall–Kier alpha value is 0.250. The second kappa shape index (κ2) is 4.13. The van der Waals surface area contributed by atoms with E-state index in [0.29, 0.717) is 17.7 Å². The van der Waals surface area contributed by atoms with Gasteiger partial charge in [-0.25, -0.2) is 0 Å². The summed E-state index contributed by atoms with van der Waals surface area (Å²) in [6.07, 6.45) is -0.237. The summed E-state index contributed by atoms with van der Waals surface area (Å²) in [5.41, 5.74) is 0. The zero-order chi connectivity index (χ0) is 7.44. The Kier molecular flexibility index (Phi) is 4.24. The normalized spacial score (nSPS) is 21.0. The van der Waals surface area contributed by atoms with Gasteiger partial charge < -0.3 is 5.11 Å². The summed E-state index contributed by atoms with van der Waals surface area (Å²) >= 11 is 5.58. The van der Waals surface area contributed by atoms with Gasteiger partial charge in [0.2, 0.25) is 0 Å². The van der Waals surface area contributed by atoms with Crippen LogP contribution in [0.1, 0.15) is 20.8 Å². The third-order valence-corrected chi connectivity index (χ3v) is 2.39. The minimum atomic E-state index is -0.237. The zero-order valence-electron chi connectivity index (χ0n) is 6.26. The van der Waals surface area contributed by atoms with Crippen LogP contribution in [0.25, 0.3) is 0 Å². The Balaban J connectivity index is 3.58. The monoisotopic (exact) mass is 150 g/mol. The topological polar surface area (TPSA) is 20.2 Å². The first-order valence-corrected chi connectivity index (χ1v) is 3.87. The van der Waals surface area contributed by atoms with E-state index in [4.69, 9.17) is 16.7 Å². The van der Waals surface area contributed by atoms with E-state index >= 15 is 0 Å². The molecule has 0 aromatic heterocycles. The lowest BCUT2D eigenvalue weighted by atomic mass is 9.93. The zero-order valence-corrected chi connectivity index (χ0v) is 7.02. The second-order valence-corrected chi connectivity index (χ2v) is 3.04. The lowest BCUT2D eigenvalue weighted by Gasteiger charge is -2.19. The predicted molar refractivity (Wildman–Crippen MR) is 40.7 cm³/mol. The van der Waals surface area contributed by atoms with Crippen LogP contribution in [0.4, 0.5) is 0 Å². The van der Waals surface area contributed by atoms with Crippen molar-refractivity contribution in [3.05, 3.63) is 0 Å². The molecule has 3 unspecified atom stereocenters. The average molecular weight is 151 g/mol. The number of aliphatic hydroxyl groups is 1. The number of alkyl halides is 1. The van der Waals surface area contributed by atoms with Crippen molar-refractivity contribution in [3.63, 3.8) is 0 Å². The van der Waals surface area contributed by atoms with E-state index in [-0.39, 0.29) is 6.10 Å². The fourth-order valence-electron chi connectivity index (χ4n) is 0.616. The quantitative estimate of drug-likeness (QED) is 0.610. The van der Waals surface area contributed by atoms with Crippen LogP contribution >= 0.6 is 11.6 Å². The molecule has 2 heteroatoms. The molecule has 0 radical (unpaired) electrons. The molecule has 0 aliphatic heterocycles. The molecule has 1 nitrogen and oxygen atoms in total. The Labute approximate surface area is 62.0 Å². The molecular weight excluding hydrogens is 136 g/mol. The maximum absolute atomic E-state index is 9.06. The Bertz CT molecular complexity index is 73.3. The van der Waals surface area contributed by atoms with E-state index in [1.807, 2.05) is 13.8 Å². The van der Waals surface area contributed by atoms with E-state index in [1.54, 1.807) is 6.92 Å². The van der Waals surface area contributed by atoms with Crippen LogP contribution in [0.2, 0.25) is 0 Å². The molecule has 56 valence electrons. The molecule has 3 atom stereocenters. The lowest BCUT2D eigenvalue weighted by Crippen LogP contribution is -2.21. The SMILES string of the molecule is CC(O)C(C)C(C)CCl. The van der Waals surface area contributed by atoms with Crippen molar-refractivity contribution in [3.8, 4) is 0 Å². The van der Waals surface area contributed by atoms with Crippen molar-refractivity contribution in [2.45, 2.75) is 26.9 Å². The van der Waals surface area contributed by atoms with Gasteiger partial charge in [-0.3, -0.25) is 0 Å². The minimum Gasteiger partial charge on any atom is -0.393 e. The Morgan fingerprint density at radius 1 is 1.33 bits per heavy atom. The third-order valence-electron chi connectivity index (χ3n) is 1.90. The Morgan fingerprint density at radius 2 is 1.78 bits per heavy atom. The maximum atomic E-state index is 9.06. The maximum Gasteiger partial charge on any atom is 0.0540 e. The summed E-state index contributed by atoms with van der Waals surface area (Å²) < 4.78 is 0. The van der Waals surface area contributed by atoms with Gasteiger partial charge in [0.15, 0.2) is 0 Å². The first-order chi connectivity index (χ1) is 4.09. The van der Waals surface area contributed by atoms with Gasteiger partial charge in [0.25, 0.3) is 0 Å². The van der Waals surface area contributed by atoms with Crippen molar-refractivity contribution < 1.29 is 5.11 Å². The van der Waals surface area contributed by atoms with Gasteiger partial charge in [0.1, 0.15) is 0 Å². The molecule has 0 rings (SSSR count). The molecule has 0 saturated carbocycles. The molecule has 0 aromatic rings. The smallest absolute Gasteiger partial charge is 0.0540 e. The first kappa shape index (κ1) is 9.25. The summed E-state index contributed by atoms with van der Waals surface area (Å²) in [5, 5.41) is 9.06. The molecule has 0 aromatic carbocycles. The fourth-order valence-corrected chi connectivity index (χ4v) is 0.897. The highest BCUT2D eigenvalue weighted by molar-refractivity contribution is 6.18. The number of halogens is 1. The van der Waals surface area contributed by atoms with E-state index in [0.717, 1.165) is 0 Å². The van der Waals surface area contributed by atoms with Crippen molar-refractivity contribution in [1.29, 1.82) is 0 Å². The molecule has 0 aliphatic rings. The van der Waals surface area contributed by atoms with Gasteiger partial charge in [-0.15, -0.1) is 11.6 Å². The molecule has 0 heterocycles. The van der Waals surface area contributed by atoms with Gasteiger partial charge in [-0.1, -0.05) is 13.8 Å². The molecule has 0 bridgehead atoms. The van der Waals surface area contributed by atoms with E-state index < -0.39 is 0 Å². The highest BCUT2D eigenvalue weighted by Gasteiger charge is 2.15. The van der Waals surface area contributed by atoms with Gasteiger partial charge in [0, 0.05) is 5.88 Å². The van der Waals surface area contributed by atoms with Crippen molar-refractivity contribution in [1.82, 2.24) is 0 Å². The van der Waals surface area contributed by atoms with Crippen LogP contribution in [-0.2, 0) is 0 Å². The summed E-state index contributed by atoms with van der Waals surface area (Å²) in [4.78, 5) is 0. The molecule has 0 aliphatic carbocycles. The standard InChI is InChI=1S/C7H15ClO/c1-5(4-8)6(2)7(3)9/h5-7,9H,4H2,1-3H3. The van der Waals surface area contributed by atoms with Crippen LogP contribution in [0.5, 0.6) is 0 Å². The second-order valence-electron chi connectivity index (χ2n) is 2.73. The van der Waals surface area contributed by atoms with Gasteiger partial charge in [0.05, 0.1) is 6.10 Å². The highest BCUT2D eigenvalue weighted by atomic mass is 35.5. The lowest BCUT2D eigenvalue weighted by molar-refractivity contribution is 0.110. The minimum absolute atomic E-state index is 0.237. The van der Waals surface area contributed by atoms with E-state index in [9.17, 15) is 0 Å². The molecule has 0 spiro atoms. The van der Waals surface area contributed by atoms with Crippen molar-refractivity contribution in [2.24, 2.45) is 11.8 Å². The number of hydrogen-bond donors (Lipinski definition) is 1. The van der Waals surface area contributed by atoms with Crippen molar-refractivity contribution >= 4 is 11.6 Å². The number of rotatable bonds is 3. The van der Waals surface area contributed by atoms with Gasteiger partial charge in [-0.2, -0.15) is 0 Å². The highest BCUT2D eigenvalue weighted by Crippen LogP contribution is 2.15.